The molecule has 3 aromatic carbocycles. The smallest absolute Gasteiger partial charge is 0.329 e. The normalized spacial score (nSPS) is 13.2. The third-order valence-electron chi connectivity index (χ3n) is 12.4. The van der Waals surface area contributed by atoms with Gasteiger partial charge in [-0.3, -0.25) is 0 Å². The average Bonchev–Trinajstić information content (AvgIpc) is 3.17. The molecule has 0 aliphatic heterocycles. The number of amides is 4. The number of hydrogen-bond acceptors (Lipinski definition) is 6. The highest BCUT2D eigenvalue weighted by Crippen LogP contribution is 2.21. The van der Waals surface area contributed by atoms with Crippen molar-refractivity contribution in [1.82, 2.24) is 10.6 Å². The van der Waals surface area contributed by atoms with E-state index in [0.29, 0.717) is 30.1 Å². The van der Waals surface area contributed by atoms with Crippen molar-refractivity contribution in [2.75, 3.05) is 10.6 Å². The maximum absolute atomic E-state index is 13.8. The number of aryl methyl sites for hydroxylation is 1. The van der Waals surface area contributed by atoms with Crippen LogP contribution in [-0.2, 0) is 31.9 Å². The second kappa shape index (κ2) is 21.2. The van der Waals surface area contributed by atoms with Crippen LogP contribution in [0.25, 0.3) is 0 Å². The molecule has 0 radical (unpaired) electrons. The lowest BCUT2D eigenvalue weighted by Gasteiger charge is -2.26. The van der Waals surface area contributed by atoms with Crippen LogP contribution < -0.4 is 75.9 Å². The molecule has 0 saturated carbocycles. The van der Waals surface area contributed by atoms with Gasteiger partial charge >= 0.3 is 24.0 Å². The van der Waals surface area contributed by atoms with E-state index in [0.717, 1.165) is 66.8 Å². The lowest BCUT2D eigenvalue weighted by Crippen LogP contribution is -2.58. The lowest BCUT2D eigenvalue weighted by atomic mass is 9.60. The molecule has 4 N–H and O–H groups in total. The van der Waals surface area contributed by atoms with Gasteiger partial charge in [0.25, 0.3) is 0 Å². The molecule has 58 heavy (non-hydrogen) atoms. The zero-order valence-corrected chi connectivity index (χ0v) is 38.1. The molecule has 0 fully saturated rings. The number of urea groups is 2. The summed E-state index contributed by atoms with van der Waals surface area (Å²) in [6.07, 6.45) is 1.99. The van der Waals surface area contributed by atoms with Crippen LogP contribution in [0.1, 0.15) is 70.6 Å². The van der Waals surface area contributed by atoms with Gasteiger partial charge in [-0.15, -0.1) is 32.8 Å². The maximum atomic E-state index is 13.8. The van der Waals surface area contributed by atoms with Crippen LogP contribution in [-0.4, -0.2) is 127 Å². The van der Waals surface area contributed by atoms with Crippen LogP contribution in [0.3, 0.4) is 0 Å². The molecule has 0 heterocycles. The molecule has 0 saturated heterocycles. The number of rotatable bonds is 16. The number of nitrogens with one attached hydrogen (secondary N) is 4. The van der Waals surface area contributed by atoms with Crippen molar-refractivity contribution >= 4 is 168 Å². The minimum absolute atomic E-state index is 0.268. The molecule has 0 bridgehead atoms. The summed E-state index contributed by atoms with van der Waals surface area (Å²) in [5, 5.41) is 11.5. The maximum Gasteiger partial charge on any atom is 0.329 e. The van der Waals surface area contributed by atoms with Crippen LogP contribution >= 0.6 is 0 Å². The summed E-state index contributed by atoms with van der Waals surface area (Å²) in [7, 11) is 20.7. The summed E-state index contributed by atoms with van der Waals surface area (Å²) >= 11 is 0. The summed E-state index contributed by atoms with van der Waals surface area (Å²) < 4.78 is 11.7. The summed E-state index contributed by atoms with van der Waals surface area (Å²) in [5.41, 5.74) is 15.0. The Morgan fingerprint density at radius 1 is 0.586 bits per heavy atom. The van der Waals surface area contributed by atoms with Crippen molar-refractivity contribution in [1.29, 1.82) is 0 Å². The van der Waals surface area contributed by atoms with Crippen LogP contribution in [0.15, 0.2) is 18.2 Å². The molecular formula is C38H60B10N4O6. The van der Waals surface area contributed by atoms with Gasteiger partial charge in [0.15, 0.2) is 0 Å². The minimum Gasteiger partial charge on any atom is -0.461 e. The van der Waals surface area contributed by atoms with Crippen molar-refractivity contribution in [3.8, 4) is 0 Å². The van der Waals surface area contributed by atoms with E-state index in [9.17, 15) is 19.2 Å². The van der Waals surface area contributed by atoms with Gasteiger partial charge in [0.1, 0.15) is 96.7 Å². The molecule has 3 aromatic rings. The van der Waals surface area contributed by atoms with E-state index in [4.69, 9.17) is 9.47 Å². The number of ether oxygens (including phenoxy) is 2. The molecule has 0 aromatic heterocycles. The van der Waals surface area contributed by atoms with Crippen LogP contribution in [0, 0.1) is 12.8 Å². The Kier molecular flexibility index (Phi) is 17.6. The predicted molar refractivity (Wildman–Crippen MR) is 271 cm³/mol. The van der Waals surface area contributed by atoms with E-state index in [-0.39, 0.29) is 25.0 Å². The largest absolute Gasteiger partial charge is 0.461 e. The van der Waals surface area contributed by atoms with Gasteiger partial charge < -0.3 is 30.7 Å². The molecule has 10 nitrogen and oxygen atoms in total. The first-order chi connectivity index (χ1) is 27.1. The zero-order valence-electron chi connectivity index (χ0n) is 38.1. The third kappa shape index (κ3) is 12.2. The van der Waals surface area contributed by atoms with Crippen LogP contribution in [0.2, 0.25) is 0 Å². The molecule has 0 aliphatic carbocycles. The Morgan fingerprint density at radius 2 is 1.00 bits per heavy atom. The molecular weight excluding hydrogens is 717 g/mol. The monoisotopic (exact) mass is 779 g/mol. The first kappa shape index (κ1) is 48.2. The molecule has 3 rings (SSSR count). The zero-order chi connectivity index (χ0) is 43.8. The third-order valence-corrected chi connectivity index (χ3v) is 12.4. The number of carbonyl (C=O) groups is 4. The van der Waals surface area contributed by atoms with Crippen LogP contribution in [0.5, 0.6) is 0 Å². The minimum atomic E-state index is -0.950. The Balaban J connectivity index is 1.87. The summed E-state index contributed by atoms with van der Waals surface area (Å²) in [4.78, 5) is 54.6. The van der Waals surface area contributed by atoms with Crippen molar-refractivity contribution < 1.29 is 28.7 Å². The number of benzene rings is 3. The van der Waals surface area contributed by atoms with E-state index in [1.165, 1.54) is 10.9 Å². The highest BCUT2D eigenvalue weighted by Gasteiger charge is 2.29. The van der Waals surface area contributed by atoms with Crippen LogP contribution in [0.4, 0.5) is 21.0 Å². The summed E-state index contributed by atoms with van der Waals surface area (Å²) in [5.74, 6) is -0.653. The van der Waals surface area contributed by atoms with Crippen molar-refractivity contribution in [3.05, 3.63) is 34.9 Å². The van der Waals surface area contributed by atoms with Gasteiger partial charge in [-0.1, -0.05) is 66.7 Å². The van der Waals surface area contributed by atoms with Gasteiger partial charge in [-0.2, -0.15) is 0 Å². The fraction of sp³-hybridized carbons (Fsp3) is 0.421. The molecule has 20 heteroatoms. The molecule has 4 amide bonds. The van der Waals surface area contributed by atoms with Crippen molar-refractivity contribution in [2.24, 2.45) is 5.92 Å². The van der Waals surface area contributed by atoms with Gasteiger partial charge in [0.05, 0.1) is 6.10 Å². The van der Waals surface area contributed by atoms with Crippen molar-refractivity contribution in [3.63, 3.8) is 0 Å². The van der Waals surface area contributed by atoms with E-state index in [1.807, 2.05) is 43.4 Å². The quantitative estimate of drug-likeness (QED) is 0.0845. The molecule has 4 atom stereocenters. The second-order valence-electron chi connectivity index (χ2n) is 16.7. The Morgan fingerprint density at radius 3 is 1.41 bits per heavy atom. The molecule has 0 aliphatic rings. The topological polar surface area (TPSA) is 135 Å². The van der Waals surface area contributed by atoms with E-state index >= 15 is 0 Å². The fourth-order valence-electron chi connectivity index (χ4n) is 7.47. The second-order valence-corrected chi connectivity index (χ2v) is 16.7. The fourth-order valence-corrected chi connectivity index (χ4v) is 7.47. The highest BCUT2D eigenvalue weighted by atomic mass is 16.5. The molecule has 2 unspecified atom stereocenters. The molecule has 0 spiro atoms. The SMILES string of the molecule is Bc1c(B)c(B)c(C[C@H](NC(=O)Nc2cc(NC(=O)N[C@@H](Cc3c(B)c(B)c(B)c(B)c3B)C(=O)OC(CC)CC(C)C)ccc2C)C(=O)OC(C)CC)c(B)c1B. The molecule has 298 valence electrons. The van der Waals surface area contributed by atoms with Gasteiger partial charge in [0.2, 0.25) is 0 Å². The Hall–Kier alpha value is -4.21. The number of hydrogen-bond donors (Lipinski definition) is 4. The van der Waals surface area contributed by atoms with Crippen molar-refractivity contribution in [2.45, 2.75) is 97.9 Å². The van der Waals surface area contributed by atoms with E-state index in [1.54, 1.807) is 18.2 Å². The first-order valence-corrected chi connectivity index (χ1v) is 20.9. The number of esters is 2. The highest BCUT2D eigenvalue weighted by molar-refractivity contribution is 6.68. The number of carbonyl (C=O) groups excluding carboxylic acids is 4. The average molecular weight is 777 g/mol. The van der Waals surface area contributed by atoms with Gasteiger partial charge in [0, 0.05) is 24.2 Å². The van der Waals surface area contributed by atoms with Gasteiger partial charge in [-0.25, -0.2) is 19.2 Å². The predicted octanol–water partition coefficient (Wildman–Crippen LogP) is -10.2. The Bertz CT molecular complexity index is 1980. The number of anilines is 2. The van der Waals surface area contributed by atoms with Gasteiger partial charge in [-0.05, 0) is 56.7 Å². The van der Waals surface area contributed by atoms with E-state index in [2.05, 4.69) is 97.9 Å². The summed E-state index contributed by atoms with van der Waals surface area (Å²) in [6.45, 7) is 11.8. The summed E-state index contributed by atoms with van der Waals surface area (Å²) in [6, 6.07) is 2.08. The lowest BCUT2D eigenvalue weighted by molar-refractivity contribution is -0.152. The van der Waals surface area contributed by atoms with E-state index < -0.39 is 36.1 Å². The first-order valence-electron chi connectivity index (χ1n) is 20.9. The standard InChI is InChI=1S/C38H60B10N4O6/c1-7-17(6)57-35(53)23(13-20-25(39)29(43)33(47)30(44)26(20)40)52-38(56)50-22-12-18(10-9-16(22)5)49-37(55)51-24(36(54)58-19(8-2)11-15(3)4)14-21-27(41)31(45)34(48)32(46)28(21)42/h9-10,12,15,17,19,23-24H,7-8,11,13-14,39-48H2,1-6H3,(H2,49,51,55)(H2,50,52,56)/t17?,19?,23-,24-/m0/s1. The Labute approximate surface area is 355 Å².